The number of amides is 2. The molecule has 2 amide bonds. The monoisotopic (exact) mass is 649 g/mol. The van der Waals surface area contributed by atoms with Crippen molar-refractivity contribution in [1.29, 1.82) is 0 Å². The van der Waals surface area contributed by atoms with Crippen molar-refractivity contribution >= 4 is 34.6 Å². The molecule has 49 heavy (non-hydrogen) atoms. The topological polar surface area (TPSA) is 101 Å². The van der Waals surface area contributed by atoms with E-state index in [9.17, 15) is 14.7 Å². The zero-order chi connectivity index (χ0) is 33.9. The number of benzene rings is 4. The smallest absolute Gasteiger partial charge is 0.238 e. The van der Waals surface area contributed by atoms with Crippen LogP contribution in [0.3, 0.4) is 0 Å². The number of phenols is 1. The number of para-hydroxylation sites is 2. The summed E-state index contributed by atoms with van der Waals surface area (Å²) in [5.41, 5.74) is 1.95. The van der Waals surface area contributed by atoms with Crippen molar-refractivity contribution in [2.24, 2.45) is 23.7 Å². The van der Waals surface area contributed by atoms with Gasteiger partial charge in [0.05, 0.1) is 29.5 Å². The highest BCUT2D eigenvalue weighted by molar-refractivity contribution is 6.32. The van der Waals surface area contributed by atoms with Crippen LogP contribution >= 0.6 is 0 Å². The second kappa shape index (κ2) is 11.8. The number of rotatable bonds is 6. The maximum absolute atomic E-state index is 15.1. The molecular formula is C42H35NO6. The Morgan fingerprint density at radius 3 is 2.16 bits per heavy atom. The second-order valence-electron chi connectivity index (χ2n) is 13.3. The molecule has 6 atom stereocenters. The highest BCUT2D eigenvalue weighted by Gasteiger charge is 2.66. The average Bonchev–Trinajstić information content (AvgIpc) is 3.40. The molecule has 7 heteroatoms. The van der Waals surface area contributed by atoms with Crippen molar-refractivity contribution in [2.75, 3.05) is 11.5 Å². The van der Waals surface area contributed by atoms with E-state index in [0.29, 0.717) is 41.0 Å². The quantitative estimate of drug-likeness (QED) is 0.182. The van der Waals surface area contributed by atoms with Gasteiger partial charge in [0.1, 0.15) is 0 Å². The molecule has 1 N–H and O–H groups in total. The van der Waals surface area contributed by atoms with Gasteiger partial charge in [-0.3, -0.25) is 24.1 Å². The third kappa shape index (κ3) is 4.48. The molecule has 0 radical (unpaired) electrons. The van der Waals surface area contributed by atoms with Crippen LogP contribution in [0.25, 0.3) is 5.57 Å². The summed E-state index contributed by atoms with van der Waals surface area (Å²) in [4.78, 5) is 59.9. The van der Waals surface area contributed by atoms with Crippen LogP contribution < -0.4 is 9.64 Å². The molecule has 2 fully saturated rings. The zero-order valence-corrected chi connectivity index (χ0v) is 27.0. The number of nitrogens with zero attached hydrogens (tertiary/aromatic N) is 1. The van der Waals surface area contributed by atoms with Crippen molar-refractivity contribution in [1.82, 2.24) is 0 Å². The number of fused-ring (bicyclic) bond motifs is 4. The first-order valence-corrected chi connectivity index (χ1v) is 16.9. The van der Waals surface area contributed by atoms with Gasteiger partial charge in [-0.25, -0.2) is 0 Å². The zero-order valence-electron chi connectivity index (χ0n) is 27.0. The number of aromatic hydroxyl groups is 1. The predicted octanol–water partition coefficient (Wildman–Crippen LogP) is 6.82. The number of anilines is 1. The van der Waals surface area contributed by atoms with E-state index in [1.165, 1.54) is 11.0 Å². The van der Waals surface area contributed by atoms with Gasteiger partial charge < -0.3 is 9.84 Å². The molecule has 8 rings (SSSR count). The van der Waals surface area contributed by atoms with Crippen molar-refractivity contribution in [2.45, 2.75) is 31.1 Å². The molecule has 0 bridgehead atoms. The standard InChI is InChI=1S/C42H35NO6/c1-2-49-34-20-12-19-30(39(34)46)37-28-21-22-29-36(41(48)43(40(29)47)27-17-10-5-11-18-27)32(28)23-33-38(45)31(25-13-6-3-7-14-25)24-35(44)42(33,37)26-15-8-4-9-16-26/h3-21,24,29,32-33,36-37,46H,2,22-23H2,1H3/t29-,32+,33-,36-,37+,42-/m0/s1. The van der Waals surface area contributed by atoms with Crippen molar-refractivity contribution in [3.8, 4) is 11.5 Å². The van der Waals surface area contributed by atoms with Crippen molar-refractivity contribution in [3.05, 3.63) is 144 Å². The van der Waals surface area contributed by atoms with Crippen LogP contribution in [0.5, 0.6) is 11.5 Å². The molecule has 4 aromatic rings. The third-order valence-electron chi connectivity index (χ3n) is 11.0. The van der Waals surface area contributed by atoms with E-state index in [-0.39, 0.29) is 41.3 Å². The molecule has 1 heterocycles. The first-order chi connectivity index (χ1) is 23.9. The minimum atomic E-state index is -1.43. The van der Waals surface area contributed by atoms with E-state index < -0.39 is 35.0 Å². The van der Waals surface area contributed by atoms with Crippen molar-refractivity contribution in [3.63, 3.8) is 0 Å². The van der Waals surface area contributed by atoms with Gasteiger partial charge in [-0.1, -0.05) is 103 Å². The van der Waals surface area contributed by atoms with Crippen LogP contribution in [-0.2, 0) is 24.6 Å². The minimum Gasteiger partial charge on any atom is -0.504 e. The van der Waals surface area contributed by atoms with Crippen molar-refractivity contribution < 1.29 is 29.0 Å². The molecule has 0 spiro atoms. The number of imide groups is 1. The fourth-order valence-corrected chi connectivity index (χ4v) is 9.09. The lowest BCUT2D eigenvalue weighted by molar-refractivity contribution is -0.135. The number of carbonyl (C=O) groups is 4. The summed E-state index contributed by atoms with van der Waals surface area (Å²) >= 11 is 0. The number of ether oxygens (including phenoxy) is 1. The third-order valence-corrected chi connectivity index (χ3v) is 11.0. The van der Waals surface area contributed by atoms with Crippen LogP contribution in [-0.4, -0.2) is 35.1 Å². The molecule has 0 aromatic heterocycles. The van der Waals surface area contributed by atoms with Crippen LogP contribution in [0, 0.1) is 23.7 Å². The van der Waals surface area contributed by atoms with Crippen LogP contribution in [0.4, 0.5) is 5.69 Å². The largest absolute Gasteiger partial charge is 0.504 e. The van der Waals surface area contributed by atoms with Gasteiger partial charge in [0, 0.05) is 23.0 Å². The molecule has 3 aliphatic carbocycles. The summed E-state index contributed by atoms with van der Waals surface area (Å²) in [5, 5.41) is 11.9. The molecule has 7 nitrogen and oxygen atoms in total. The Morgan fingerprint density at radius 2 is 1.47 bits per heavy atom. The SMILES string of the molecule is CCOc1cccc([C@H]2C3=CC[C@@H]4C(=O)N(c5ccccc5)C(=O)[C@@H]4[C@@H]3C[C@H]3C(=O)C(c4ccccc4)=CC(=O)[C@@]23c2ccccc2)c1O. The first kappa shape index (κ1) is 30.8. The van der Waals surface area contributed by atoms with Gasteiger partial charge in [0.15, 0.2) is 23.1 Å². The Balaban J connectivity index is 1.38. The van der Waals surface area contributed by atoms with Crippen LogP contribution in [0.2, 0.25) is 0 Å². The minimum absolute atomic E-state index is 0.107. The molecule has 1 aliphatic heterocycles. The summed E-state index contributed by atoms with van der Waals surface area (Å²) < 4.78 is 5.83. The molecule has 4 aliphatic rings. The Bertz CT molecular complexity index is 2050. The second-order valence-corrected chi connectivity index (χ2v) is 13.3. The van der Waals surface area contributed by atoms with Gasteiger partial charge in [-0.05, 0) is 61.1 Å². The summed E-state index contributed by atoms with van der Waals surface area (Å²) in [6, 6.07) is 32.7. The van der Waals surface area contributed by atoms with Gasteiger partial charge in [0.25, 0.3) is 0 Å². The lowest BCUT2D eigenvalue weighted by Gasteiger charge is -2.55. The van der Waals surface area contributed by atoms with E-state index in [1.54, 1.807) is 42.5 Å². The lowest BCUT2D eigenvalue weighted by Crippen LogP contribution is -2.58. The normalized spacial score (nSPS) is 27.5. The number of Topliss-reactive ketones (excluding diaryl/α,β-unsaturated/α-hetero) is 1. The maximum Gasteiger partial charge on any atom is 0.238 e. The predicted molar refractivity (Wildman–Crippen MR) is 185 cm³/mol. The molecule has 0 unspecified atom stereocenters. The fourth-order valence-electron chi connectivity index (χ4n) is 9.09. The van der Waals surface area contributed by atoms with Gasteiger partial charge >= 0.3 is 0 Å². The number of phenolic OH excluding ortho intramolecular Hbond substituents is 1. The molecule has 1 saturated heterocycles. The lowest BCUT2D eigenvalue weighted by atomic mass is 9.44. The molecule has 244 valence electrons. The summed E-state index contributed by atoms with van der Waals surface area (Å²) in [5.74, 6) is -4.41. The number of hydrogen-bond donors (Lipinski definition) is 1. The van der Waals surface area contributed by atoms with E-state index in [4.69, 9.17) is 4.74 Å². The maximum atomic E-state index is 15.1. The average molecular weight is 650 g/mol. The first-order valence-electron chi connectivity index (χ1n) is 16.9. The Labute approximate surface area is 284 Å². The Hall–Kier alpha value is -5.56. The van der Waals surface area contributed by atoms with Gasteiger partial charge in [0.2, 0.25) is 11.8 Å². The summed E-state index contributed by atoms with van der Waals surface area (Å²) in [7, 11) is 0. The van der Waals surface area contributed by atoms with Gasteiger partial charge in [-0.15, -0.1) is 0 Å². The number of ketones is 2. The number of hydrogen-bond acceptors (Lipinski definition) is 6. The molecular weight excluding hydrogens is 614 g/mol. The summed E-state index contributed by atoms with van der Waals surface area (Å²) in [6.45, 7) is 2.14. The van der Waals surface area contributed by atoms with E-state index in [0.717, 1.165) is 5.57 Å². The highest BCUT2D eigenvalue weighted by atomic mass is 16.5. The van der Waals surface area contributed by atoms with Crippen LogP contribution in [0.15, 0.2) is 127 Å². The van der Waals surface area contributed by atoms with E-state index in [1.807, 2.05) is 79.7 Å². The van der Waals surface area contributed by atoms with E-state index >= 15 is 9.59 Å². The summed E-state index contributed by atoms with van der Waals surface area (Å²) in [6.07, 6.45) is 3.97. The molecule has 4 aromatic carbocycles. The molecule has 1 saturated carbocycles. The van der Waals surface area contributed by atoms with E-state index in [2.05, 4.69) is 0 Å². The highest BCUT2D eigenvalue weighted by Crippen LogP contribution is 2.65. The fraction of sp³-hybridized carbons (Fsp3) is 0.238. The Morgan fingerprint density at radius 1 is 0.796 bits per heavy atom. The van der Waals surface area contributed by atoms with Gasteiger partial charge in [-0.2, -0.15) is 0 Å². The number of carbonyl (C=O) groups excluding carboxylic acids is 4. The van der Waals surface area contributed by atoms with Crippen LogP contribution in [0.1, 0.15) is 42.4 Å². The Kier molecular flexibility index (Phi) is 7.43. The number of allylic oxidation sites excluding steroid dienone is 4.